The number of alkyl carbamates (subject to hydrolysis) is 1. The molecule has 0 aromatic rings. The van der Waals surface area contributed by atoms with Crippen LogP contribution in [0.15, 0.2) is 12.2 Å². The van der Waals surface area contributed by atoms with Gasteiger partial charge in [0, 0.05) is 31.8 Å². The Hall–Kier alpha value is -2.47. The molecule has 0 aromatic carbocycles. The Morgan fingerprint density at radius 2 is 1.68 bits per heavy atom. The quantitative estimate of drug-likeness (QED) is 0.431. The van der Waals surface area contributed by atoms with Crippen molar-refractivity contribution in [1.82, 2.24) is 19.7 Å². The summed E-state index contributed by atoms with van der Waals surface area (Å²) in [6, 6.07) is -0.644. The molecule has 5 atom stereocenters. The van der Waals surface area contributed by atoms with Crippen LogP contribution in [0.3, 0.4) is 0 Å². The second-order valence-corrected chi connectivity index (χ2v) is 14.4. The number of allylic oxidation sites excluding steroid dienone is 1. The van der Waals surface area contributed by atoms with Gasteiger partial charge in [-0.3, -0.25) is 14.4 Å². The third-order valence-corrected chi connectivity index (χ3v) is 9.38. The summed E-state index contributed by atoms with van der Waals surface area (Å²) < 4.78 is 33.1. The summed E-state index contributed by atoms with van der Waals surface area (Å²) >= 11 is 0. The van der Waals surface area contributed by atoms with Crippen molar-refractivity contribution in [1.29, 1.82) is 0 Å². The van der Waals surface area contributed by atoms with Crippen LogP contribution in [0.2, 0.25) is 0 Å². The lowest BCUT2D eigenvalue weighted by atomic mass is 9.88. The van der Waals surface area contributed by atoms with Crippen molar-refractivity contribution in [3.8, 4) is 0 Å². The lowest BCUT2D eigenvalue weighted by molar-refractivity contribution is -0.132. The van der Waals surface area contributed by atoms with E-state index < -0.39 is 45.3 Å². The van der Waals surface area contributed by atoms with Crippen molar-refractivity contribution in [3.05, 3.63) is 12.2 Å². The molecular weight excluding hydrogens is 536 g/mol. The average molecular weight is 583 g/mol. The number of nitrogens with one attached hydrogen (secondary N) is 3. The van der Waals surface area contributed by atoms with Gasteiger partial charge < -0.3 is 15.4 Å². The van der Waals surface area contributed by atoms with Gasteiger partial charge in [0.15, 0.2) is 5.78 Å². The number of carbonyl (C=O) groups excluding carboxylic acids is 4. The predicted octanol–water partition coefficient (Wildman–Crippen LogP) is 2.96. The van der Waals surface area contributed by atoms with Crippen molar-refractivity contribution in [2.75, 3.05) is 14.1 Å². The Kier molecular flexibility index (Phi) is 10.4. The largest absolute Gasteiger partial charge is 0.444 e. The average Bonchev–Trinajstić information content (AvgIpc) is 3.59. The van der Waals surface area contributed by atoms with Gasteiger partial charge in [-0.1, -0.05) is 31.4 Å². The highest BCUT2D eigenvalue weighted by Crippen LogP contribution is 2.46. The third kappa shape index (κ3) is 8.52. The molecule has 1 aliphatic heterocycles. The van der Waals surface area contributed by atoms with E-state index in [9.17, 15) is 27.6 Å². The molecule has 40 heavy (non-hydrogen) atoms. The molecule has 3 N–H and O–H groups in total. The van der Waals surface area contributed by atoms with Gasteiger partial charge in [-0.25, -0.2) is 9.52 Å². The van der Waals surface area contributed by atoms with Gasteiger partial charge in [0.05, 0.1) is 6.04 Å². The number of hydrogen-bond acceptors (Lipinski definition) is 7. The molecule has 0 radical (unpaired) electrons. The number of Topliss-reactive ketones (excluding diaryl/α,β-unsaturated/α-hetero) is 1. The summed E-state index contributed by atoms with van der Waals surface area (Å²) in [6.45, 7) is 5.33. The van der Waals surface area contributed by atoms with E-state index in [1.807, 2.05) is 12.2 Å². The van der Waals surface area contributed by atoms with Gasteiger partial charge in [-0.15, -0.1) is 0 Å². The third-order valence-electron chi connectivity index (χ3n) is 7.98. The van der Waals surface area contributed by atoms with E-state index in [-0.39, 0.29) is 23.5 Å². The van der Waals surface area contributed by atoms with Crippen molar-refractivity contribution in [2.45, 2.75) is 109 Å². The van der Waals surface area contributed by atoms with E-state index in [2.05, 4.69) is 15.4 Å². The van der Waals surface area contributed by atoms with E-state index in [1.54, 1.807) is 20.8 Å². The number of fused-ring (bicyclic) bond motifs is 4. The van der Waals surface area contributed by atoms with Gasteiger partial charge in [-0.05, 0) is 72.1 Å². The molecule has 3 rings (SSSR count). The first-order valence-electron chi connectivity index (χ1n) is 14.4. The summed E-state index contributed by atoms with van der Waals surface area (Å²) in [5.41, 5.74) is -1.99. The summed E-state index contributed by atoms with van der Waals surface area (Å²) in [4.78, 5) is 52.7. The second-order valence-electron chi connectivity index (χ2n) is 12.6. The number of rotatable bonds is 4. The molecule has 3 aliphatic rings. The predicted molar refractivity (Wildman–Crippen MR) is 150 cm³/mol. The van der Waals surface area contributed by atoms with Gasteiger partial charge in [-0.2, -0.15) is 12.7 Å². The maximum Gasteiger partial charge on any atom is 0.408 e. The number of ketones is 1. The maximum atomic E-state index is 13.6. The molecule has 1 heterocycles. The smallest absolute Gasteiger partial charge is 0.408 e. The molecule has 2 aliphatic carbocycles. The molecule has 2 bridgehead atoms. The van der Waals surface area contributed by atoms with Crippen molar-refractivity contribution in [3.63, 3.8) is 0 Å². The number of ether oxygens (including phenoxy) is 1. The highest BCUT2D eigenvalue weighted by atomic mass is 32.2. The first kappa shape index (κ1) is 32.0. The van der Waals surface area contributed by atoms with E-state index >= 15 is 0 Å². The van der Waals surface area contributed by atoms with Crippen LogP contribution >= 0.6 is 0 Å². The number of nitrogens with zero attached hydrogens (tertiary/aromatic N) is 1. The topological polar surface area (TPSA) is 151 Å². The molecule has 226 valence electrons. The van der Waals surface area contributed by atoms with Gasteiger partial charge >= 0.3 is 16.3 Å². The maximum absolute atomic E-state index is 13.6. The van der Waals surface area contributed by atoms with E-state index in [0.29, 0.717) is 44.9 Å². The van der Waals surface area contributed by atoms with Gasteiger partial charge in [0.2, 0.25) is 5.91 Å². The number of carbonyl (C=O) groups is 4. The monoisotopic (exact) mass is 582 g/mol. The summed E-state index contributed by atoms with van der Waals surface area (Å²) in [7, 11) is -1.36. The lowest BCUT2D eigenvalue weighted by Gasteiger charge is -2.25. The summed E-state index contributed by atoms with van der Waals surface area (Å²) in [6.07, 6.45) is 10.1. The second kappa shape index (κ2) is 13.0. The highest BCUT2D eigenvalue weighted by Gasteiger charge is 2.61. The fraction of sp³-hybridized carbons (Fsp3) is 0.786. The van der Waals surface area contributed by atoms with E-state index in [1.165, 1.54) is 14.1 Å². The zero-order valence-corrected chi connectivity index (χ0v) is 25.3. The van der Waals surface area contributed by atoms with Crippen LogP contribution in [0, 0.1) is 17.8 Å². The molecule has 2 fully saturated rings. The van der Waals surface area contributed by atoms with Crippen LogP contribution in [-0.2, 0) is 29.3 Å². The molecule has 11 nitrogen and oxygen atoms in total. The van der Waals surface area contributed by atoms with Crippen molar-refractivity contribution in [2.24, 2.45) is 17.8 Å². The van der Waals surface area contributed by atoms with Crippen LogP contribution < -0.4 is 15.4 Å². The van der Waals surface area contributed by atoms with Crippen LogP contribution in [0.1, 0.15) is 91.4 Å². The first-order valence-corrected chi connectivity index (χ1v) is 15.9. The van der Waals surface area contributed by atoms with Gasteiger partial charge in [0.25, 0.3) is 5.91 Å². The fourth-order valence-corrected chi connectivity index (χ4v) is 6.12. The Bertz CT molecular complexity index is 1100. The van der Waals surface area contributed by atoms with Crippen molar-refractivity contribution >= 4 is 33.9 Å². The molecule has 2 saturated carbocycles. The number of amides is 3. The highest BCUT2D eigenvalue weighted by molar-refractivity contribution is 7.87. The van der Waals surface area contributed by atoms with Crippen LogP contribution in [0.4, 0.5) is 4.79 Å². The van der Waals surface area contributed by atoms with Crippen LogP contribution in [0.5, 0.6) is 0 Å². The molecule has 0 aromatic heterocycles. The van der Waals surface area contributed by atoms with Gasteiger partial charge in [0.1, 0.15) is 11.1 Å². The minimum atomic E-state index is -4.02. The Morgan fingerprint density at radius 3 is 2.35 bits per heavy atom. The SMILES string of the molecule is CN(C)S(=O)(=O)NC(=O)C12CC1C=CCCCCCC(NC(=O)OC(C)(C)C)C(=O)C1CCCC(CC1)C(=O)N2. The molecule has 0 spiro atoms. The standard InChI is InChI=1S/C28H46N4O7S/c1-27(2,3)39-26(36)29-22-15-10-8-6-7-9-14-21-18-28(21,25(35)31-40(37,38)32(4)5)30-24(34)20-13-11-12-19(16-17-20)23(22)33/h9,14,19-22H,6-8,10-13,15-18H2,1-5H3,(H,29,36)(H,30,34)(H,31,35). The Labute approximate surface area is 238 Å². The Balaban J connectivity index is 1.78. The zero-order valence-electron chi connectivity index (χ0n) is 24.5. The Morgan fingerprint density at radius 1 is 1.00 bits per heavy atom. The molecule has 3 amide bonds. The summed E-state index contributed by atoms with van der Waals surface area (Å²) in [5, 5.41) is 5.70. The minimum absolute atomic E-state index is 0.0249. The zero-order chi connectivity index (χ0) is 29.7. The van der Waals surface area contributed by atoms with E-state index in [0.717, 1.165) is 30.0 Å². The number of hydrogen-bond donors (Lipinski definition) is 3. The normalized spacial score (nSPS) is 30.4. The molecule has 12 heteroatoms. The van der Waals surface area contributed by atoms with E-state index in [4.69, 9.17) is 4.74 Å². The van der Waals surface area contributed by atoms with Crippen LogP contribution in [0.25, 0.3) is 0 Å². The lowest BCUT2D eigenvalue weighted by Crippen LogP contribution is -2.54. The first-order chi connectivity index (χ1) is 18.6. The molecule has 0 saturated heterocycles. The fourth-order valence-electron chi connectivity index (χ4n) is 5.52. The molecular formula is C28H46N4O7S. The minimum Gasteiger partial charge on any atom is -0.444 e. The summed E-state index contributed by atoms with van der Waals surface area (Å²) in [5.74, 6) is -2.04. The van der Waals surface area contributed by atoms with Crippen molar-refractivity contribution < 1.29 is 32.3 Å². The molecule has 5 unspecified atom stereocenters. The van der Waals surface area contributed by atoms with Crippen LogP contribution in [-0.4, -0.2) is 67.7 Å².